The molecule has 4 rings (SSSR count). The topological polar surface area (TPSA) is 70.6 Å². The van der Waals surface area contributed by atoms with Crippen molar-refractivity contribution in [2.45, 2.75) is 42.7 Å². The van der Waals surface area contributed by atoms with Gasteiger partial charge < -0.3 is 4.90 Å². The molecule has 1 amide bonds. The van der Waals surface area contributed by atoms with Gasteiger partial charge in [0.05, 0.1) is 10.8 Å². The van der Waals surface area contributed by atoms with Gasteiger partial charge in [0.2, 0.25) is 15.9 Å². The van der Waals surface area contributed by atoms with E-state index in [1.165, 1.54) is 9.87 Å². The van der Waals surface area contributed by atoms with Gasteiger partial charge in [-0.15, -0.1) is 11.8 Å². The molecular formula is C25H29N3O3S2. The number of pyridine rings is 1. The summed E-state index contributed by atoms with van der Waals surface area (Å²) in [4.78, 5) is 19.5. The van der Waals surface area contributed by atoms with Crippen molar-refractivity contribution in [1.82, 2.24) is 14.2 Å². The summed E-state index contributed by atoms with van der Waals surface area (Å²) in [6, 6.07) is 17.1. The molecule has 0 aliphatic carbocycles. The number of aromatic nitrogens is 1. The van der Waals surface area contributed by atoms with Crippen LogP contribution in [0.2, 0.25) is 0 Å². The second-order valence-electron chi connectivity index (χ2n) is 8.16. The number of benzene rings is 2. The van der Waals surface area contributed by atoms with Crippen LogP contribution in [0.1, 0.15) is 36.8 Å². The number of carbonyl (C=O) groups excluding carboxylic acids is 1. The van der Waals surface area contributed by atoms with Crippen molar-refractivity contribution < 1.29 is 13.2 Å². The summed E-state index contributed by atoms with van der Waals surface area (Å²) in [5, 5.41) is 0.569. The monoisotopic (exact) mass is 483 g/mol. The van der Waals surface area contributed by atoms with Crippen LogP contribution in [0.5, 0.6) is 0 Å². The molecule has 2 unspecified atom stereocenters. The standard InChI is InChI=1S/C25H29N3O3S2/c1-4-21-24(29)28(25(32-21)20-13-11-18(3)12-14-20)17-16-27(5-2)33(30,31)22-10-6-8-19-9-7-15-26-23(19)22/h6-15,21,25H,4-5,16-17H2,1-3H3. The Labute approximate surface area is 200 Å². The van der Waals surface area contributed by atoms with Crippen molar-refractivity contribution in [3.05, 3.63) is 71.9 Å². The highest BCUT2D eigenvalue weighted by Gasteiger charge is 2.40. The second kappa shape index (κ2) is 9.83. The molecule has 8 heteroatoms. The molecule has 6 nitrogen and oxygen atoms in total. The number of aryl methyl sites for hydroxylation is 1. The maximum absolute atomic E-state index is 13.6. The minimum Gasteiger partial charge on any atom is -0.324 e. The van der Waals surface area contributed by atoms with E-state index in [2.05, 4.69) is 17.1 Å². The number of para-hydroxylation sites is 1. The van der Waals surface area contributed by atoms with E-state index >= 15 is 0 Å². The van der Waals surface area contributed by atoms with Crippen LogP contribution < -0.4 is 0 Å². The van der Waals surface area contributed by atoms with Gasteiger partial charge in [-0.1, -0.05) is 61.9 Å². The average Bonchev–Trinajstić information content (AvgIpc) is 3.14. The van der Waals surface area contributed by atoms with E-state index < -0.39 is 10.0 Å². The summed E-state index contributed by atoms with van der Waals surface area (Å²) in [5.74, 6) is 0.0772. The highest BCUT2D eigenvalue weighted by molar-refractivity contribution is 8.01. The zero-order valence-electron chi connectivity index (χ0n) is 19.1. The maximum Gasteiger partial charge on any atom is 0.245 e. The lowest BCUT2D eigenvalue weighted by atomic mass is 10.1. The van der Waals surface area contributed by atoms with Crippen molar-refractivity contribution in [3.8, 4) is 0 Å². The number of nitrogens with zero attached hydrogens (tertiary/aromatic N) is 3. The molecule has 2 aromatic carbocycles. The largest absolute Gasteiger partial charge is 0.324 e. The minimum atomic E-state index is -3.77. The SMILES string of the molecule is CCC1SC(c2ccc(C)cc2)N(CCN(CC)S(=O)(=O)c2cccc3cccnc23)C1=O. The van der Waals surface area contributed by atoms with Crippen LogP contribution in [-0.2, 0) is 14.8 Å². The van der Waals surface area contributed by atoms with E-state index in [0.29, 0.717) is 18.6 Å². The molecule has 33 heavy (non-hydrogen) atoms. The van der Waals surface area contributed by atoms with Crippen molar-refractivity contribution >= 4 is 38.6 Å². The van der Waals surface area contributed by atoms with Crippen LogP contribution in [0.15, 0.2) is 65.7 Å². The first-order chi connectivity index (χ1) is 15.9. The lowest BCUT2D eigenvalue weighted by Crippen LogP contribution is -2.41. The van der Waals surface area contributed by atoms with E-state index in [1.54, 1.807) is 36.2 Å². The van der Waals surface area contributed by atoms with E-state index in [0.717, 1.165) is 17.4 Å². The lowest BCUT2D eigenvalue weighted by Gasteiger charge is -2.28. The van der Waals surface area contributed by atoms with Crippen LogP contribution in [0.3, 0.4) is 0 Å². The summed E-state index contributed by atoms with van der Waals surface area (Å²) in [6.45, 7) is 6.76. The first-order valence-corrected chi connectivity index (χ1v) is 13.6. The fraction of sp³-hybridized carbons (Fsp3) is 0.360. The molecule has 0 radical (unpaired) electrons. The van der Waals surface area contributed by atoms with E-state index in [4.69, 9.17) is 0 Å². The number of likely N-dealkylation sites (N-methyl/N-ethyl adjacent to an activating group) is 1. The van der Waals surface area contributed by atoms with Crippen molar-refractivity contribution in [2.75, 3.05) is 19.6 Å². The Hall–Kier alpha value is -2.42. The Morgan fingerprint density at radius 2 is 1.79 bits per heavy atom. The average molecular weight is 484 g/mol. The minimum absolute atomic E-state index is 0.0772. The molecular weight excluding hydrogens is 454 g/mol. The smallest absolute Gasteiger partial charge is 0.245 e. The molecule has 174 valence electrons. The normalized spacial score (nSPS) is 19.0. The van der Waals surface area contributed by atoms with Gasteiger partial charge in [-0.3, -0.25) is 9.78 Å². The zero-order valence-corrected chi connectivity index (χ0v) is 20.8. The second-order valence-corrected chi connectivity index (χ2v) is 11.3. The predicted molar refractivity (Wildman–Crippen MR) is 133 cm³/mol. The summed E-state index contributed by atoms with van der Waals surface area (Å²) >= 11 is 1.65. The van der Waals surface area contributed by atoms with Gasteiger partial charge in [-0.25, -0.2) is 8.42 Å². The number of fused-ring (bicyclic) bond motifs is 1. The van der Waals surface area contributed by atoms with Crippen LogP contribution in [-0.4, -0.2) is 53.4 Å². The van der Waals surface area contributed by atoms with Crippen molar-refractivity contribution in [2.24, 2.45) is 0 Å². The molecule has 1 aliphatic rings. The van der Waals surface area contributed by atoms with Crippen molar-refractivity contribution in [1.29, 1.82) is 0 Å². The molecule has 2 atom stereocenters. The Morgan fingerprint density at radius 1 is 1.06 bits per heavy atom. The summed E-state index contributed by atoms with van der Waals surface area (Å²) in [7, 11) is -3.77. The number of carbonyl (C=O) groups is 1. The quantitative estimate of drug-likeness (QED) is 0.468. The number of rotatable bonds is 8. The van der Waals surface area contributed by atoms with Crippen LogP contribution in [0.25, 0.3) is 10.9 Å². The number of amides is 1. The van der Waals surface area contributed by atoms with Gasteiger partial charge in [-0.05, 0) is 31.0 Å². The number of hydrogen-bond donors (Lipinski definition) is 0. The lowest BCUT2D eigenvalue weighted by molar-refractivity contribution is -0.130. The van der Waals surface area contributed by atoms with Crippen LogP contribution >= 0.6 is 11.8 Å². The van der Waals surface area contributed by atoms with Gasteiger partial charge in [0.25, 0.3) is 0 Å². The van der Waals surface area contributed by atoms with Gasteiger partial charge >= 0.3 is 0 Å². The molecule has 0 spiro atoms. The summed E-state index contributed by atoms with van der Waals surface area (Å²) in [5.41, 5.74) is 2.70. The fourth-order valence-corrected chi connectivity index (χ4v) is 7.20. The first-order valence-electron chi connectivity index (χ1n) is 11.2. The Bertz CT molecular complexity index is 1240. The van der Waals surface area contributed by atoms with Gasteiger partial charge in [-0.2, -0.15) is 4.31 Å². The molecule has 0 saturated carbocycles. The molecule has 3 aromatic rings. The molecule has 0 bridgehead atoms. The highest BCUT2D eigenvalue weighted by atomic mass is 32.2. The molecule has 1 saturated heterocycles. The molecule has 1 fully saturated rings. The first kappa shape index (κ1) is 23.7. The van der Waals surface area contributed by atoms with Gasteiger partial charge in [0.15, 0.2) is 0 Å². The van der Waals surface area contributed by atoms with Crippen molar-refractivity contribution in [3.63, 3.8) is 0 Å². The fourth-order valence-electron chi connectivity index (χ4n) is 4.17. The Balaban J connectivity index is 1.59. The predicted octanol–water partition coefficient (Wildman–Crippen LogP) is 4.61. The maximum atomic E-state index is 13.6. The number of sulfonamides is 1. The highest BCUT2D eigenvalue weighted by Crippen LogP contribution is 2.44. The van der Waals surface area contributed by atoms with E-state index in [-0.39, 0.29) is 28.0 Å². The number of hydrogen-bond acceptors (Lipinski definition) is 5. The third kappa shape index (κ3) is 4.65. The Morgan fingerprint density at radius 3 is 2.48 bits per heavy atom. The third-order valence-electron chi connectivity index (χ3n) is 6.02. The molecule has 1 aliphatic heterocycles. The van der Waals surface area contributed by atoms with Crippen LogP contribution in [0.4, 0.5) is 0 Å². The van der Waals surface area contributed by atoms with Gasteiger partial charge in [0, 0.05) is 31.2 Å². The summed E-state index contributed by atoms with van der Waals surface area (Å²) < 4.78 is 28.5. The molecule has 1 aromatic heterocycles. The molecule has 2 heterocycles. The van der Waals surface area contributed by atoms with Gasteiger partial charge in [0.1, 0.15) is 10.3 Å². The third-order valence-corrected chi connectivity index (χ3v) is 9.68. The zero-order chi connectivity index (χ0) is 23.6. The van der Waals surface area contributed by atoms with E-state index in [9.17, 15) is 13.2 Å². The van der Waals surface area contributed by atoms with E-state index in [1.807, 2.05) is 49.9 Å². The molecule has 0 N–H and O–H groups in total. The van der Waals surface area contributed by atoms with Crippen LogP contribution in [0, 0.1) is 6.92 Å². The summed E-state index contributed by atoms with van der Waals surface area (Å²) in [6.07, 6.45) is 2.36. The number of thioether (sulfide) groups is 1. The Kier molecular flexibility index (Phi) is 7.07.